The molecule has 0 saturated heterocycles. The van der Waals surface area contributed by atoms with Crippen LogP contribution >= 0.6 is 0 Å². The van der Waals surface area contributed by atoms with Crippen LogP contribution in [0.3, 0.4) is 0 Å². The molecule has 0 unspecified atom stereocenters. The lowest BCUT2D eigenvalue weighted by atomic mass is 9.93. The van der Waals surface area contributed by atoms with Crippen LogP contribution in [0.15, 0.2) is 29.3 Å². The number of phenolic OH excluding ortho intramolecular Hbond substituents is 1. The van der Waals surface area contributed by atoms with Gasteiger partial charge >= 0.3 is 0 Å². The van der Waals surface area contributed by atoms with Crippen LogP contribution in [0, 0.1) is 5.82 Å². The second-order valence-corrected chi connectivity index (χ2v) is 4.75. The van der Waals surface area contributed by atoms with Crippen LogP contribution in [-0.2, 0) is 9.59 Å². The smallest absolute Gasteiger partial charge is 0.261 e. The second-order valence-electron chi connectivity index (χ2n) is 4.75. The molecule has 0 saturated carbocycles. The molecule has 1 aromatic rings. The van der Waals surface area contributed by atoms with Crippen molar-refractivity contribution < 1.29 is 19.1 Å². The Bertz CT molecular complexity index is 593. The molecule has 0 aromatic heterocycles. The van der Waals surface area contributed by atoms with E-state index < -0.39 is 17.6 Å². The zero-order valence-corrected chi connectivity index (χ0v) is 10.1. The molecule has 5 heteroatoms. The summed E-state index contributed by atoms with van der Waals surface area (Å²) in [6.07, 6.45) is 2.87. The van der Waals surface area contributed by atoms with Crippen molar-refractivity contribution in [3.05, 3.63) is 35.2 Å². The van der Waals surface area contributed by atoms with E-state index in [-0.39, 0.29) is 11.4 Å². The van der Waals surface area contributed by atoms with Crippen molar-refractivity contribution in [2.45, 2.75) is 25.7 Å². The van der Waals surface area contributed by atoms with Crippen LogP contribution in [0.1, 0.15) is 25.7 Å². The Hall–Kier alpha value is -2.17. The molecule has 1 heterocycles. The summed E-state index contributed by atoms with van der Waals surface area (Å²) < 4.78 is 13.8. The number of nitrogens with zero attached hydrogens (tertiary/aromatic N) is 1. The number of carbonyl (C=O) groups is 2. The maximum atomic E-state index is 13.8. The first-order valence-electron chi connectivity index (χ1n) is 6.19. The summed E-state index contributed by atoms with van der Waals surface area (Å²) >= 11 is 0. The summed E-state index contributed by atoms with van der Waals surface area (Å²) in [6, 6.07) is 3.32. The highest BCUT2D eigenvalue weighted by atomic mass is 19.1. The molecule has 2 aliphatic rings. The first kappa shape index (κ1) is 11.9. The van der Waals surface area contributed by atoms with Gasteiger partial charge in [-0.3, -0.25) is 9.59 Å². The fraction of sp³-hybridized carbons (Fsp3) is 0.286. The van der Waals surface area contributed by atoms with Crippen molar-refractivity contribution in [3.8, 4) is 5.75 Å². The van der Waals surface area contributed by atoms with Gasteiger partial charge in [0.25, 0.3) is 11.8 Å². The fourth-order valence-electron chi connectivity index (χ4n) is 2.63. The van der Waals surface area contributed by atoms with E-state index in [0.717, 1.165) is 29.9 Å². The minimum Gasteiger partial charge on any atom is -0.508 e. The van der Waals surface area contributed by atoms with Gasteiger partial charge in [0.2, 0.25) is 0 Å². The molecule has 2 amide bonds. The minimum atomic E-state index is -0.695. The molecule has 1 aliphatic heterocycles. The van der Waals surface area contributed by atoms with E-state index in [1.807, 2.05) is 0 Å². The van der Waals surface area contributed by atoms with Gasteiger partial charge in [-0.05, 0) is 37.8 Å². The number of carbonyl (C=O) groups excluding carboxylic acids is 2. The van der Waals surface area contributed by atoms with E-state index in [1.165, 1.54) is 6.07 Å². The summed E-state index contributed by atoms with van der Waals surface area (Å²) in [4.78, 5) is 25.3. The van der Waals surface area contributed by atoms with E-state index >= 15 is 0 Å². The highest BCUT2D eigenvalue weighted by Crippen LogP contribution is 2.37. The van der Waals surface area contributed by atoms with Crippen molar-refractivity contribution in [3.63, 3.8) is 0 Å². The number of phenols is 1. The third-order valence-electron chi connectivity index (χ3n) is 3.56. The summed E-state index contributed by atoms with van der Waals surface area (Å²) in [6.45, 7) is 0. The standard InChI is InChI=1S/C14H12FNO3/c15-11-6-5-8(17)7-12(11)16-13(18)9-3-1-2-4-10(9)14(16)19/h5-7,17H,1-4H2. The average Bonchev–Trinajstić information content (AvgIpc) is 2.66. The third kappa shape index (κ3) is 1.73. The first-order chi connectivity index (χ1) is 9.09. The zero-order valence-electron chi connectivity index (χ0n) is 10.1. The van der Waals surface area contributed by atoms with Crippen LogP contribution in [0.2, 0.25) is 0 Å². The SMILES string of the molecule is O=C1C2=C(CCCC2)C(=O)N1c1cc(O)ccc1F. The molecular weight excluding hydrogens is 249 g/mol. The quantitative estimate of drug-likeness (QED) is 0.789. The molecule has 0 atom stereocenters. The Balaban J connectivity index is 2.06. The van der Waals surface area contributed by atoms with Crippen molar-refractivity contribution in [1.29, 1.82) is 0 Å². The topological polar surface area (TPSA) is 57.6 Å². The molecule has 1 aliphatic carbocycles. The Morgan fingerprint density at radius 3 is 2.21 bits per heavy atom. The van der Waals surface area contributed by atoms with Crippen LogP contribution in [0.4, 0.5) is 10.1 Å². The molecule has 3 rings (SSSR count). The van der Waals surface area contributed by atoms with Crippen LogP contribution < -0.4 is 4.90 Å². The van der Waals surface area contributed by atoms with Crippen LogP contribution in [0.25, 0.3) is 0 Å². The van der Waals surface area contributed by atoms with Crippen molar-refractivity contribution >= 4 is 17.5 Å². The lowest BCUT2D eigenvalue weighted by Gasteiger charge is -2.16. The Labute approximate surface area is 109 Å². The van der Waals surface area contributed by atoms with Gasteiger partial charge in [-0.2, -0.15) is 0 Å². The molecule has 98 valence electrons. The largest absolute Gasteiger partial charge is 0.508 e. The van der Waals surface area contributed by atoms with E-state index in [1.54, 1.807) is 0 Å². The maximum absolute atomic E-state index is 13.8. The molecule has 19 heavy (non-hydrogen) atoms. The van der Waals surface area contributed by atoms with Gasteiger partial charge in [0.05, 0.1) is 5.69 Å². The molecule has 0 radical (unpaired) electrons. The predicted molar refractivity (Wildman–Crippen MR) is 66.1 cm³/mol. The third-order valence-corrected chi connectivity index (χ3v) is 3.56. The van der Waals surface area contributed by atoms with Gasteiger partial charge in [-0.15, -0.1) is 0 Å². The monoisotopic (exact) mass is 261 g/mol. The van der Waals surface area contributed by atoms with Gasteiger partial charge in [0.1, 0.15) is 11.6 Å². The number of hydrogen-bond acceptors (Lipinski definition) is 3. The molecule has 1 N–H and O–H groups in total. The Morgan fingerprint density at radius 1 is 1.05 bits per heavy atom. The predicted octanol–water partition coefficient (Wildman–Crippen LogP) is 2.28. The molecule has 1 aromatic carbocycles. The number of benzene rings is 1. The summed E-state index contributed by atoms with van der Waals surface area (Å²) in [5.74, 6) is -1.78. The van der Waals surface area contributed by atoms with Crippen molar-refractivity contribution in [2.24, 2.45) is 0 Å². The maximum Gasteiger partial charge on any atom is 0.261 e. The number of aromatic hydroxyl groups is 1. The van der Waals surface area contributed by atoms with E-state index in [2.05, 4.69) is 0 Å². The normalized spacial score (nSPS) is 19.1. The van der Waals surface area contributed by atoms with Crippen LogP contribution in [-0.4, -0.2) is 16.9 Å². The van der Waals surface area contributed by atoms with Crippen LogP contribution in [0.5, 0.6) is 5.75 Å². The zero-order chi connectivity index (χ0) is 13.6. The number of halogens is 1. The van der Waals surface area contributed by atoms with Gasteiger partial charge in [-0.1, -0.05) is 0 Å². The number of imide groups is 1. The number of rotatable bonds is 1. The lowest BCUT2D eigenvalue weighted by molar-refractivity contribution is -0.120. The first-order valence-corrected chi connectivity index (χ1v) is 6.19. The Kier molecular flexibility index (Phi) is 2.62. The molecule has 0 bridgehead atoms. The Morgan fingerprint density at radius 2 is 1.63 bits per heavy atom. The minimum absolute atomic E-state index is 0.176. The highest BCUT2D eigenvalue weighted by molar-refractivity contribution is 6.33. The number of amides is 2. The van der Waals surface area contributed by atoms with Gasteiger partial charge in [-0.25, -0.2) is 9.29 Å². The van der Waals surface area contributed by atoms with Crippen molar-refractivity contribution in [2.75, 3.05) is 4.90 Å². The number of hydrogen-bond donors (Lipinski definition) is 1. The number of anilines is 1. The highest BCUT2D eigenvalue weighted by Gasteiger charge is 2.40. The molecule has 0 fully saturated rings. The van der Waals surface area contributed by atoms with Gasteiger partial charge in [0, 0.05) is 17.2 Å². The molecule has 0 spiro atoms. The van der Waals surface area contributed by atoms with E-state index in [9.17, 15) is 19.1 Å². The second kappa shape index (κ2) is 4.19. The van der Waals surface area contributed by atoms with Gasteiger partial charge in [0.15, 0.2) is 0 Å². The van der Waals surface area contributed by atoms with E-state index in [4.69, 9.17) is 0 Å². The average molecular weight is 261 g/mol. The van der Waals surface area contributed by atoms with Crippen molar-refractivity contribution in [1.82, 2.24) is 0 Å². The fourth-order valence-corrected chi connectivity index (χ4v) is 2.63. The molecule has 4 nitrogen and oxygen atoms in total. The summed E-state index contributed by atoms with van der Waals surface area (Å²) in [5, 5.41) is 9.40. The summed E-state index contributed by atoms with van der Waals surface area (Å²) in [7, 11) is 0. The molecular formula is C14H12FNO3. The lowest BCUT2D eigenvalue weighted by Crippen LogP contribution is -2.32. The van der Waals surface area contributed by atoms with E-state index in [0.29, 0.717) is 24.0 Å². The summed E-state index contributed by atoms with van der Waals surface area (Å²) in [5.41, 5.74) is 0.822. The van der Waals surface area contributed by atoms with Gasteiger partial charge < -0.3 is 5.11 Å².